The Morgan fingerprint density at radius 2 is 2.11 bits per heavy atom. The van der Waals surface area contributed by atoms with Crippen LogP contribution in [0, 0.1) is 6.92 Å². The van der Waals surface area contributed by atoms with Gasteiger partial charge in [0.1, 0.15) is 5.75 Å². The van der Waals surface area contributed by atoms with E-state index in [0.717, 1.165) is 10.0 Å². The van der Waals surface area contributed by atoms with Crippen LogP contribution in [0.25, 0.3) is 0 Å². The lowest BCUT2D eigenvalue weighted by molar-refractivity contribution is 0.103. The van der Waals surface area contributed by atoms with Crippen molar-refractivity contribution in [3.05, 3.63) is 57.8 Å². The molecule has 1 heterocycles. The summed E-state index contributed by atoms with van der Waals surface area (Å²) in [5.41, 5.74) is 1.87. The molecule has 0 spiro atoms. The molecule has 0 aliphatic carbocycles. The number of carbonyl (C=O) groups is 1. The standard InChI is InChI=1S/C14H12BrNO2/c1-9-5-6-10(15)8-11(9)14(17)13-12(18-2)4-3-7-16-13/h3-8H,1-2H3. The van der Waals surface area contributed by atoms with Crippen molar-refractivity contribution in [3.63, 3.8) is 0 Å². The summed E-state index contributed by atoms with van der Waals surface area (Å²) in [5, 5.41) is 0. The second kappa shape index (κ2) is 5.31. The number of methoxy groups -OCH3 is 1. The number of ether oxygens (including phenoxy) is 1. The highest BCUT2D eigenvalue weighted by atomic mass is 79.9. The van der Waals surface area contributed by atoms with Crippen molar-refractivity contribution in [2.75, 3.05) is 7.11 Å². The minimum Gasteiger partial charge on any atom is -0.494 e. The molecule has 0 N–H and O–H groups in total. The third-order valence-electron chi connectivity index (χ3n) is 2.65. The second-order valence-corrected chi connectivity index (χ2v) is 4.76. The highest BCUT2D eigenvalue weighted by Crippen LogP contribution is 2.23. The topological polar surface area (TPSA) is 39.2 Å². The Hall–Kier alpha value is -1.68. The zero-order valence-electron chi connectivity index (χ0n) is 10.1. The molecular formula is C14H12BrNO2. The van der Waals surface area contributed by atoms with Gasteiger partial charge in [-0.05, 0) is 36.8 Å². The number of pyridine rings is 1. The molecule has 0 atom stereocenters. The Kier molecular flexibility index (Phi) is 3.77. The second-order valence-electron chi connectivity index (χ2n) is 3.84. The SMILES string of the molecule is COc1cccnc1C(=O)c1cc(Br)ccc1C. The van der Waals surface area contributed by atoms with Crippen LogP contribution < -0.4 is 4.74 Å². The smallest absolute Gasteiger partial charge is 0.215 e. The normalized spacial score (nSPS) is 10.2. The average molecular weight is 306 g/mol. The molecule has 0 unspecified atom stereocenters. The lowest BCUT2D eigenvalue weighted by atomic mass is 10.0. The molecule has 0 saturated heterocycles. The first-order valence-electron chi connectivity index (χ1n) is 5.43. The van der Waals surface area contributed by atoms with E-state index in [-0.39, 0.29) is 5.78 Å². The molecule has 0 saturated carbocycles. The highest BCUT2D eigenvalue weighted by molar-refractivity contribution is 9.10. The quantitative estimate of drug-likeness (QED) is 0.816. The molecule has 92 valence electrons. The van der Waals surface area contributed by atoms with Gasteiger partial charge in [0.2, 0.25) is 5.78 Å². The van der Waals surface area contributed by atoms with Crippen molar-refractivity contribution in [1.29, 1.82) is 0 Å². The van der Waals surface area contributed by atoms with Gasteiger partial charge in [0.25, 0.3) is 0 Å². The van der Waals surface area contributed by atoms with E-state index in [1.807, 2.05) is 19.1 Å². The Balaban J connectivity index is 2.51. The van der Waals surface area contributed by atoms with Crippen molar-refractivity contribution in [1.82, 2.24) is 4.98 Å². The van der Waals surface area contributed by atoms with Gasteiger partial charge < -0.3 is 4.74 Å². The Morgan fingerprint density at radius 1 is 1.33 bits per heavy atom. The number of hydrogen-bond acceptors (Lipinski definition) is 3. The number of ketones is 1. The van der Waals surface area contributed by atoms with E-state index >= 15 is 0 Å². The van der Waals surface area contributed by atoms with E-state index in [1.165, 1.54) is 7.11 Å². The molecule has 3 nitrogen and oxygen atoms in total. The molecule has 0 radical (unpaired) electrons. The molecule has 2 aromatic rings. The van der Waals surface area contributed by atoms with Crippen LogP contribution in [0.4, 0.5) is 0 Å². The fraction of sp³-hybridized carbons (Fsp3) is 0.143. The van der Waals surface area contributed by atoms with E-state index in [0.29, 0.717) is 17.0 Å². The summed E-state index contributed by atoms with van der Waals surface area (Å²) in [7, 11) is 1.53. The van der Waals surface area contributed by atoms with Gasteiger partial charge in [0, 0.05) is 16.2 Å². The number of benzene rings is 1. The fourth-order valence-corrected chi connectivity index (χ4v) is 2.05. The number of aryl methyl sites for hydroxylation is 1. The van der Waals surface area contributed by atoms with Crippen molar-refractivity contribution in [3.8, 4) is 5.75 Å². The number of carbonyl (C=O) groups excluding carboxylic acids is 1. The third-order valence-corrected chi connectivity index (χ3v) is 3.14. The molecule has 0 aliphatic rings. The lowest BCUT2D eigenvalue weighted by Crippen LogP contribution is -2.08. The Bertz CT molecular complexity index is 596. The summed E-state index contributed by atoms with van der Waals surface area (Å²) >= 11 is 3.37. The molecule has 0 amide bonds. The first kappa shape index (κ1) is 12.8. The molecular weight excluding hydrogens is 294 g/mol. The van der Waals surface area contributed by atoms with Gasteiger partial charge in [0.05, 0.1) is 7.11 Å². The molecule has 18 heavy (non-hydrogen) atoms. The van der Waals surface area contributed by atoms with Crippen molar-refractivity contribution in [2.45, 2.75) is 6.92 Å². The zero-order valence-corrected chi connectivity index (χ0v) is 11.7. The van der Waals surface area contributed by atoms with Crippen LogP contribution >= 0.6 is 15.9 Å². The van der Waals surface area contributed by atoms with Crippen molar-refractivity contribution in [2.24, 2.45) is 0 Å². The summed E-state index contributed by atoms with van der Waals surface area (Å²) in [5.74, 6) is 0.355. The molecule has 0 aliphatic heterocycles. The fourth-order valence-electron chi connectivity index (χ4n) is 1.69. The van der Waals surface area contributed by atoms with Gasteiger partial charge in [-0.2, -0.15) is 0 Å². The van der Waals surface area contributed by atoms with Crippen LogP contribution in [0.2, 0.25) is 0 Å². The maximum absolute atomic E-state index is 12.4. The summed E-state index contributed by atoms with van der Waals surface area (Å²) in [6.07, 6.45) is 1.59. The maximum atomic E-state index is 12.4. The Labute approximate surface area is 114 Å². The van der Waals surface area contributed by atoms with Gasteiger partial charge in [-0.1, -0.05) is 22.0 Å². The maximum Gasteiger partial charge on any atom is 0.215 e. The molecule has 4 heteroatoms. The van der Waals surface area contributed by atoms with E-state index in [4.69, 9.17) is 4.74 Å². The van der Waals surface area contributed by atoms with Gasteiger partial charge in [0.15, 0.2) is 5.69 Å². The van der Waals surface area contributed by atoms with Crippen LogP contribution in [-0.2, 0) is 0 Å². The first-order chi connectivity index (χ1) is 8.63. The monoisotopic (exact) mass is 305 g/mol. The number of aromatic nitrogens is 1. The van der Waals surface area contributed by atoms with Crippen LogP contribution in [-0.4, -0.2) is 17.9 Å². The Morgan fingerprint density at radius 3 is 2.83 bits per heavy atom. The largest absolute Gasteiger partial charge is 0.494 e. The average Bonchev–Trinajstić information content (AvgIpc) is 2.40. The van der Waals surface area contributed by atoms with Crippen LogP contribution in [0.1, 0.15) is 21.6 Å². The van der Waals surface area contributed by atoms with E-state index in [9.17, 15) is 4.79 Å². The van der Waals surface area contributed by atoms with Gasteiger partial charge in [-0.3, -0.25) is 4.79 Å². The van der Waals surface area contributed by atoms with Crippen molar-refractivity contribution < 1.29 is 9.53 Å². The minimum atomic E-state index is -0.133. The third kappa shape index (κ3) is 2.43. The van der Waals surface area contributed by atoms with Gasteiger partial charge >= 0.3 is 0 Å². The molecule has 0 fully saturated rings. The predicted octanol–water partition coefficient (Wildman–Crippen LogP) is 3.39. The number of rotatable bonds is 3. The summed E-state index contributed by atoms with van der Waals surface area (Å²) in [4.78, 5) is 16.5. The van der Waals surface area contributed by atoms with Crippen molar-refractivity contribution >= 4 is 21.7 Å². The van der Waals surface area contributed by atoms with Gasteiger partial charge in [-0.15, -0.1) is 0 Å². The molecule has 1 aromatic carbocycles. The molecule has 1 aromatic heterocycles. The van der Waals surface area contributed by atoms with E-state index in [1.54, 1.807) is 24.4 Å². The molecule has 2 rings (SSSR count). The van der Waals surface area contributed by atoms with Gasteiger partial charge in [-0.25, -0.2) is 4.98 Å². The summed E-state index contributed by atoms with van der Waals surface area (Å²) in [6.45, 7) is 1.90. The molecule has 0 bridgehead atoms. The first-order valence-corrected chi connectivity index (χ1v) is 6.22. The van der Waals surface area contributed by atoms with E-state index < -0.39 is 0 Å². The summed E-state index contributed by atoms with van der Waals surface area (Å²) in [6, 6.07) is 9.07. The van der Waals surface area contributed by atoms with Crippen LogP contribution in [0.15, 0.2) is 41.0 Å². The van der Waals surface area contributed by atoms with Crippen LogP contribution in [0.3, 0.4) is 0 Å². The summed E-state index contributed by atoms with van der Waals surface area (Å²) < 4.78 is 6.03. The number of nitrogens with zero attached hydrogens (tertiary/aromatic N) is 1. The minimum absolute atomic E-state index is 0.133. The lowest BCUT2D eigenvalue weighted by Gasteiger charge is -2.08. The van der Waals surface area contributed by atoms with Crippen LogP contribution in [0.5, 0.6) is 5.75 Å². The number of hydrogen-bond donors (Lipinski definition) is 0. The highest BCUT2D eigenvalue weighted by Gasteiger charge is 2.17. The number of halogens is 1. The van der Waals surface area contributed by atoms with E-state index in [2.05, 4.69) is 20.9 Å². The zero-order chi connectivity index (χ0) is 13.1. The predicted molar refractivity (Wildman–Crippen MR) is 73.1 cm³/mol.